The van der Waals surface area contributed by atoms with Crippen LogP contribution < -0.4 is 10.1 Å². The predicted octanol–water partition coefficient (Wildman–Crippen LogP) is 3.12. The van der Waals surface area contributed by atoms with Crippen molar-refractivity contribution in [3.63, 3.8) is 0 Å². The fourth-order valence-corrected chi connectivity index (χ4v) is 2.77. The van der Waals surface area contributed by atoms with Crippen molar-refractivity contribution in [1.82, 2.24) is 5.32 Å². The number of benzene rings is 3. The van der Waals surface area contributed by atoms with E-state index >= 15 is 0 Å². The van der Waals surface area contributed by atoms with Gasteiger partial charge < -0.3 is 15.2 Å². The highest BCUT2D eigenvalue weighted by atomic mass is 16.5. The second-order valence-electron chi connectivity index (χ2n) is 5.86. The van der Waals surface area contributed by atoms with Gasteiger partial charge >= 0.3 is 0 Å². The van der Waals surface area contributed by atoms with Crippen molar-refractivity contribution in [2.75, 3.05) is 13.2 Å². The molecule has 3 aromatic carbocycles. The Kier molecular flexibility index (Phi) is 5.66. The molecule has 0 unspecified atom stereocenters. The highest BCUT2D eigenvalue weighted by Gasteiger charge is 2.39. The van der Waals surface area contributed by atoms with E-state index in [2.05, 4.69) is 5.32 Å². The molecule has 0 aromatic heterocycles. The zero-order valence-corrected chi connectivity index (χ0v) is 14.3. The Morgan fingerprint density at radius 2 is 1.27 bits per heavy atom. The van der Waals surface area contributed by atoms with Crippen molar-refractivity contribution in [3.05, 3.63) is 102 Å². The fraction of sp³-hybridized carbons (Fsp3) is 0.136. The maximum Gasteiger partial charge on any atom is 0.261 e. The van der Waals surface area contributed by atoms with Crippen molar-refractivity contribution in [2.45, 2.75) is 5.60 Å². The smallest absolute Gasteiger partial charge is 0.261 e. The maximum absolute atomic E-state index is 12.9. The molecule has 132 valence electrons. The molecule has 4 nitrogen and oxygen atoms in total. The van der Waals surface area contributed by atoms with Gasteiger partial charge in [0.25, 0.3) is 5.91 Å². The van der Waals surface area contributed by atoms with Crippen LogP contribution >= 0.6 is 0 Å². The number of carbonyl (C=O) groups excluding carboxylic acids is 1. The molecule has 0 atom stereocenters. The summed E-state index contributed by atoms with van der Waals surface area (Å²) < 4.78 is 5.58. The summed E-state index contributed by atoms with van der Waals surface area (Å²) in [4.78, 5) is 12.9. The number of aliphatic hydroxyl groups is 1. The Labute approximate surface area is 153 Å². The first-order valence-electron chi connectivity index (χ1n) is 8.51. The summed E-state index contributed by atoms with van der Waals surface area (Å²) in [5.41, 5.74) is -0.713. The molecule has 2 N–H and O–H groups in total. The highest BCUT2D eigenvalue weighted by molar-refractivity contribution is 5.90. The van der Waals surface area contributed by atoms with Gasteiger partial charge in [-0.25, -0.2) is 0 Å². The topological polar surface area (TPSA) is 58.6 Å². The van der Waals surface area contributed by atoms with Crippen molar-refractivity contribution in [2.24, 2.45) is 0 Å². The highest BCUT2D eigenvalue weighted by Crippen LogP contribution is 2.29. The van der Waals surface area contributed by atoms with Gasteiger partial charge in [-0.3, -0.25) is 4.79 Å². The molecule has 0 fully saturated rings. The van der Waals surface area contributed by atoms with Gasteiger partial charge in [-0.1, -0.05) is 78.9 Å². The monoisotopic (exact) mass is 347 g/mol. The SMILES string of the molecule is O=C(NCCOc1ccccc1)C(O)(c1ccccc1)c1ccccc1. The van der Waals surface area contributed by atoms with E-state index in [-0.39, 0.29) is 6.54 Å². The fourth-order valence-electron chi connectivity index (χ4n) is 2.77. The van der Waals surface area contributed by atoms with Crippen LogP contribution in [-0.2, 0) is 10.4 Å². The number of ether oxygens (including phenoxy) is 1. The number of hydrogen-bond acceptors (Lipinski definition) is 3. The minimum absolute atomic E-state index is 0.287. The summed E-state index contributed by atoms with van der Waals surface area (Å²) in [5.74, 6) is 0.259. The van der Waals surface area contributed by atoms with E-state index in [1.54, 1.807) is 48.5 Å². The maximum atomic E-state index is 12.9. The third kappa shape index (κ3) is 3.92. The lowest BCUT2D eigenvalue weighted by Crippen LogP contribution is -2.46. The lowest BCUT2D eigenvalue weighted by molar-refractivity contribution is -0.136. The standard InChI is InChI=1S/C22H21NO3/c24-21(23-16-17-26-20-14-8-3-9-15-20)22(25,18-10-4-1-5-11-18)19-12-6-2-7-13-19/h1-15,25H,16-17H2,(H,23,24). The number of rotatable bonds is 7. The lowest BCUT2D eigenvalue weighted by Gasteiger charge is -2.28. The summed E-state index contributed by atoms with van der Waals surface area (Å²) in [6.07, 6.45) is 0. The molecule has 0 saturated heterocycles. The van der Waals surface area contributed by atoms with Crippen LogP contribution in [0.5, 0.6) is 5.75 Å². The van der Waals surface area contributed by atoms with E-state index in [1.807, 2.05) is 42.5 Å². The van der Waals surface area contributed by atoms with Gasteiger partial charge in [-0.15, -0.1) is 0 Å². The van der Waals surface area contributed by atoms with Crippen molar-refractivity contribution in [1.29, 1.82) is 0 Å². The van der Waals surface area contributed by atoms with Crippen LogP contribution in [0.3, 0.4) is 0 Å². The molecule has 0 heterocycles. The second-order valence-corrected chi connectivity index (χ2v) is 5.86. The number of para-hydroxylation sites is 1. The van der Waals surface area contributed by atoms with E-state index in [4.69, 9.17) is 4.74 Å². The Balaban J connectivity index is 1.72. The Bertz CT molecular complexity index is 780. The summed E-state index contributed by atoms with van der Waals surface area (Å²) in [7, 11) is 0. The first kappa shape index (κ1) is 17.7. The average Bonchev–Trinajstić information content (AvgIpc) is 2.72. The Morgan fingerprint density at radius 3 is 1.77 bits per heavy atom. The van der Waals surface area contributed by atoms with Crippen molar-refractivity contribution >= 4 is 5.91 Å². The summed E-state index contributed by atoms with van der Waals surface area (Å²) in [6.45, 7) is 0.602. The molecule has 0 spiro atoms. The molecule has 4 heteroatoms. The zero-order chi connectivity index (χ0) is 18.2. The largest absolute Gasteiger partial charge is 0.492 e. The van der Waals surface area contributed by atoms with Crippen LogP contribution in [0, 0.1) is 0 Å². The normalized spacial score (nSPS) is 11.0. The van der Waals surface area contributed by atoms with Gasteiger partial charge in [-0.2, -0.15) is 0 Å². The molecular formula is C22H21NO3. The van der Waals surface area contributed by atoms with Gasteiger partial charge in [0.05, 0.1) is 6.54 Å². The number of nitrogens with one attached hydrogen (secondary N) is 1. The quantitative estimate of drug-likeness (QED) is 0.646. The van der Waals surface area contributed by atoms with E-state index in [1.165, 1.54) is 0 Å². The molecule has 0 aliphatic heterocycles. The summed E-state index contributed by atoms with van der Waals surface area (Å²) in [5, 5.41) is 14.1. The van der Waals surface area contributed by atoms with Crippen LogP contribution in [0.2, 0.25) is 0 Å². The van der Waals surface area contributed by atoms with Crippen LogP contribution in [-0.4, -0.2) is 24.2 Å². The van der Waals surface area contributed by atoms with E-state index < -0.39 is 11.5 Å². The first-order chi connectivity index (χ1) is 12.7. The predicted molar refractivity (Wildman–Crippen MR) is 101 cm³/mol. The van der Waals surface area contributed by atoms with Gasteiger partial charge in [0.2, 0.25) is 0 Å². The Morgan fingerprint density at radius 1 is 0.808 bits per heavy atom. The van der Waals surface area contributed by atoms with Crippen LogP contribution in [0.4, 0.5) is 0 Å². The second kappa shape index (κ2) is 8.32. The molecule has 0 radical (unpaired) electrons. The lowest BCUT2D eigenvalue weighted by atomic mass is 9.85. The van der Waals surface area contributed by atoms with E-state index in [0.29, 0.717) is 17.7 Å². The third-order valence-corrected chi connectivity index (χ3v) is 4.11. The molecule has 0 bridgehead atoms. The van der Waals surface area contributed by atoms with E-state index in [0.717, 1.165) is 5.75 Å². The van der Waals surface area contributed by atoms with E-state index in [9.17, 15) is 9.90 Å². The molecule has 0 aliphatic carbocycles. The van der Waals surface area contributed by atoms with Crippen LogP contribution in [0.1, 0.15) is 11.1 Å². The average molecular weight is 347 g/mol. The van der Waals surface area contributed by atoms with Gasteiger partial charge in [0.15, 0.2) is 5.60 Å². The first-order valence-corrected chi connectivity index (χ1v) is 8.51. The minimum atomic E-state index is -1.75. The third-order valence-electron chi connectivity index (χ3n) is 4.11. The number of hydrogen-bond donors (Lipinski definition) is 2. The molecule has 3 rings (SSSR count). The molecule has 3 aromatic rings. The summed E-state index contributed by atoms with van der Waals surface area (Å²) in [6, 6.07) is 27.3. The van der Waals surface area contributed by atoms with Gasteiger partial charge in [0, 0.05) is 0 Å². The van der Waals surface area contributed by atoms with Crippen LogP contribution in [0.15, 0.2) is 91.0 Å². The minimum Gasteiger partial charge on any atom is -0.492 e. The molecule has 26 heavy (non-hydrogen) atoms. The molecule has 1 amide bonds. The Hall–Kier alpha value is -3.11. The summed E-state index contributed by atoms with van der Waals surface area (Å²) >= 11 is 0. The van der Waals surface area contributed by atoms with Gasteiger partial charge in [0.1, 0.15) is 12.4 Å². The van der Waals surface area contributed by atoms with Crippen molar-refractivity contribution in [3.8, 4) is 5.75 Å². The molecule has 0 aliphatic rings. The van der Waals surface area contributed by atoms with Crippen molar-refractivity contribution < 1.29 is 14.6 Å². The molecular weight excluding hydrogens is 326 g/mol. The van der Waals surface area contributed by atoms with Crippen LogP contribution in [0.25, 0.3) is 0 Å². The zero-order valence-electron chi connectivity index (χ0n) is 14.3. The van der Waals surface area contributed by atoms with Gasteiger partial charge in [-0.05, 0) is 23.3 Å². The number of amides is 1. The number of carbonyl (C=O) groups is 1. The molecule has 0 saturated carbocycles.